The molecule has 0 unspecified atom stereocenters. The van der Waals surface area contributed by atoms with Crippen LogP contribution in [0.2, 0.25) is 0 Å². The summed E-state index contributed by atoms with van der Waals surface area (Å²) in [5.41, 5.74) is 0.994. The van der Waals surface area contributed by atoms with Crippen molar-refractivity contribution in [1.29, 1.82) is 0 Å². The van der Waals surface area contributed by atoms with Crippen LogP contribution < -0.4 is 4.90 Å². The molecule has 0 spiro atoms. The molecule has 0 bridgehead atoms. The van der Waals surface area contributed by atoms with Gasteiger partial charge in [-0.25, -0.2) is 22.1 Å². The van der Waals surface area contributed by atoms with Gasteiger partial charge >= 0.3 is 0 Å². The van der Waals surface area contributed by atoms with Crippen LogP contribution in [0.15, 0.2) is 47.4 Å². The predicted molar refractivity (Wildman–Crippen MR) is 140 cm³/mol. The summed E-state index contributed by atoms with van der Waals surface area (Å²) >= 11 is 1.26. The van der Waals surface area contributed by atoms with Gasteiger partial charge in [0.25, 0.3) is 5.91 Å². The zero-order valence-electron chi connectivity index (χ0n) is 20.7. The van der Waals surface area contributed by atoms with Crippen LogP contribution in [0.4, 0.5) is 9.52 Å². The molecule has 2 aromatic carbocycles. The molecule has 1 heterocycles. The van der Waals surface area contributed by atoms with E-state index in [0.29, 0.717) is 40.5 Å². The highest BCUT2D eigenvalue weighted by Gasteiger charge is 2.24. The molecule has 10 heteroatoms. The van der Waals surface area contributed by atoms with Crippen molar-refractivity contribution in [1.82, 2.24) is 14.2 Å². The Hall–Kier alpha value is -2.40. The Morgan fingerprint density at radius 1 is 1.00 bits per heavy atom. The lowest BCUT2D eigenvalue weighted by atomic mass is 10.2. The van der Waals surface area contributed by atoms with E-state index in [4.69, 9.17) is 0 Å². The predicted octanol–water partition coefficient (Wildman–Crippen LogP) is 4.84. The van der Waals surface area contributed by atoms with Crippen LogP contribution in [0.25, 0.3) is 10.2 Å². The van der Waals surface area contributed by atoms with Gasteiger partial charge in [0.15, 0.2) is 5.13 Å². The molecular weight excluding hydrogens is 487 g/mol. The van der Waals surface area contributed by atoms with Crippen molar-refractivity contribution in [3.8, 4) is 0 Å². The molecular formula is C25H33FN4O3S2. The summed E-state index contributed by atoms with van der Waals surface area (Å²) in [5.74, 6) is -0.630. The first kappa shape index (κ1) is 27.2. The van der Waals surface area contributed by atoms with Gasteiger partial charge in [0.1, 0.15) is 5.82 Å². The molecule has 0 aliphatic rings. The summed E-state index contributed by atoms with van der Waals surface area (Å²) in [7, 11) is -2.06. The second-order valence-electron chi connectivity index (χ2n) is 8.30. The lowest BCUT2D eigenvalue weighted by Gasteiger charge is -2.25. The number of sulfonamides is 1. The molecule has 7 nitrogen and oxygen atoms in total. The minimum atomic E-state index is -3.62. The Bertz CT molecular complexity index is 1240. The number of benzene rings is 2. The third-order valence-electron chi connectivity index (χ3n) is 5.99. The van der Waals surface area contributed by atoms with Crippen molar-refractivity contribution in [3.05, 3.63) is 53.8 Å². The maximum absolute atomic E-state index is 13.7. The Labute approximate surface area is 211 Å². The van der Waals surface area contributed by atoms with E-state index in [1.165, 1.54) is 39.9 Å². The average Bonchev–Trinajstić information content (AvgIpc) is 3.27. The van der Waals surface area contributed by atoms with Gasteiger partial charge in [0.05, 0.1) is 15.1 Å². The van der Waals surface area contributed by atoms with Crippen molar-refractivity contribution in [2.45, 2.75) is 38.5 Å². The Morgan fingerprint density at radius 3 is 2.31 bits per heavy atom. The molecule has 0 fully saturated rings. The standard InChI is InChI=1S/C25H33FN4O3S2/c1-5-8-15-28(4)35(32,33)21-12-9-19(10-13-21)24(31)30(17-16-29(6-2)7-3)25-27-22-14-11-20(26)18-23(22)34-25/h9-14,18H,5-8,15-17H2,1-4H3. The number of anilines is 1. The first-order chi connectivity index (χ1) is 16.7. The molecule has 0 atom stereocenters. The van der Waals surface area contributed by atoms with Crippen molar-refractivity contribution in [2.75, 3.05) is 44.7 Å². The van der Waals surface area contributed by atoms with Crippen LogP contribution in [-0.2, 0) is 10.0 Å². The topological polar surface area (TPSA) is 73.8 Å². The van der Waals surface area contributed by atoms with Gasteiger partial charge in [0, 0.05) is 32.2 Å². The third kappa shape index (κ3) is 6.43. The van der Waals surface area contributed by atoms with Crippen LogP contribution in [0.1, 0.15) is 44.0 Å². The lowest BCUT2D eigenvalue weighted by molar-refractivity contribution is 0.0983. The average molecular weight is 521 g/mol. The number of fused-ring (bicyclic) bond motifs is 1. The maximum atomic E-state index is 13.7. The summed E-state index contributed by atoms with van der Waals surface area (Å²) in [5, 5.41) is 0.485. The fourth-order valence-electron chi connectivity index (χ4n) is 3.67. The van der Waals surface area contributed by atoms with Crippen LogP contribution in [0.3, 0.4) is 0 Å². The molecule has 0 radical (unpaired) electrons. The van der Waals surface area contributed by atoms with Gasteiger partial charge in [-0.1, -0.05) is 38.5 Å². The molecule has 190 valence electrons. The normalized spacial score (nSPS) is 12.1. The zero-order valence-corrected chi connectivity index (χ0v) is 22.3. The molecule has 0 aliphatic carbocycles. The van der Waals surface area contributed by atoms with Crippen molar-refractivity contribution < 1.29 is 17.6 Å². The summed E-state index contributed by atoms with van der Waals surface area (Å²) in [6.07, 6.45) is 1.68. The molecule has 0 aliphatic heterocycles. The Morgan fingerprint density at radius 2 is 1.69 bits per heavy atom. The van der Waals surface area contributed by atoms with E-state index in [2.05, 4.69) is 23.7 Å². The van der Waals surface area contributed by atoms with E-state index in [9.17, 15) is 17.6 Å². The van der Waals surface area contributed by atoms with E-state index in [0.717, 1.165) is 25.9 Å². The molecule has 0 saturated carbocycles. The highest BCUT2D eigenvalue weighted by molar-refractivity contribution is 7.89. The smallest absolute Gasteiger partial charge is 0.260 e. The minimum Gasteiger partial charge on any atom is -0.302 e. The van der Waals surface area contributed by atoms with Crippen molar-refractivity contribution in [3.63, 3.8) is 0 Å². The number of hydrogen-bond acceptors (Lipinski definition) is 6. The lowest BCUT2D eigenvalue weighted by Crippen LogP contribution is -2.38. The molecule has 0 saturated heterocycles. The number of nitrogens with zero attached hydrogens (tertiary/aromatic N) is 4. The highest BCUT2D eigenvalue weighted by atomic mass is 32.2. The number of carbonyl (C=O) groups excluding carboxylic acids is 1. The first-order valence-corrected chi connectivity index (χ1v) is 14.1. The van der Waals surface area contributed by atoms with Gasteiger partial charge in [-0.15, -0.1) is 0 Å². The summed E-state index contributed by atoms with van der Waals surface area (Å²) in [4.78, 5) is 22.1. The summed E-state index contributed by atoms with van der Waals surface area (Å²) in [6, 6.07) is 10.4. The molecule has 1 aromatic heterocycles. The number of thiazole rings is 1. The summed E-state index contributed by atoms with van der Waals surface area (Å²) < 4.78 is 41.4. The molecule has 3 rings (SSSR count). The summed E-state index contributed by atoms with van der Waals surface area (Å²) in [6.45, 7) is 9.33. The van der Waals surface area contributed by atoms with E-state index in [1.807, 2.05) is 6.92 Å². The molecule has 1 amide bonds. The molecule has 0 N–H and O–H groups in total. The van der Waals surface area contributed by atoms with Gasteiger partial charge in [-0.3, -0.25) is 9.69 Å². The second-order valence-corrected chi connectivity index (χ2v) is 11.4. The molecule has 3 aromatic rings. The monoisotopic (exact) mass is 520 g/mol. The van der Waals surface area contributed by atoms with Gasteiger partial charge in [-0.2, -0.15) is 0 Å². The fourth-order valence-corrected chi connectivity index (χ4v) is 5.90. The number of halogens is 1. The fraction of sp³-hybridized carbons (Fsp3) is 0.440. The maximum Gasteiger partial charge on any atom is 0.260 e. The van der Waals surface area contributed by atoms with Gasteiger partial charge in [-0.05, 0) is 62.0 Å². The molecule has 35 heavy (non-hydrogen) atoms. The Balaban J connectivity index is 1.90. The van der Waals surface area contributed by atoms with E-state index in [-0.39, 0.29) is 16.6 Å². The van der Waals surface area contributed by atoms with Crippen LogP contribution in [-0.4, -0.2) is 68.3 Å². The minimum absolute atomic E-state index is 0.151. The Kier molecular flexibility index (Phi) is 9.34. The van der Waals surface area contributed by atoms with Crippen LogP contribution in [0, 0.1) is 5.82 Å². The highest BCUT2D eigenvalue weighted by Crippen LogP contribution is 2.30. The zero-order chi connectivity index (χ0) is 25.6. The SMILES string of the molecule is CCCCN(C)S(=O)(=O)c1ccc(C(=O)N(CCN(CC)CC)c2nc3ccc(F)cc3s2)cc1. The van der Waals surface area contributed by atoms with Crippen LogP contribution in [0.5, 0.6) is 0 Å². The van der Waals surface area contributed by atoms with Crippen molar-refractivity contribution in [2.24, 2.45) is 0 Å². The largest absolute Gasteiger partial charge is 0.302 e. The second kappa shape index (κ2) is 12.0. The third-order valence-corrected chi connectivity index (χ3v) is 8.90. The van der Waals surface area contributed by atoms with E-state index < -0.39 is 10.0 Å². The number of amides is 1. The van der Waals surface area contributed by atoms with Gasteiger partial charge < -0.3 is 4.90 Å². The quantitative estimate of drug-likeness (QED) is 0.342. The number of aromatic nitrogens is 1. The number of unbranched alkanes of at least 4 members (excludes halogenated alkanes) is 1. The number of carbonyl (C=O) groups is 1. The number of rotatable bonds is 12. The van der Waals surface area contributed by atoms with E-state index >= 15 is 0 Å². The number of likely N-dealkylation sites (N-methyl/N-ethyl adjacent to an activating group) is 1. The van der Waals surface area contributed by atoms with Crippen molar-refractivity contribution >= 4 is 42.6 Å². The van der Waals surface area contributed by atoms with Crippen LogP contribution >= 0.6 is 11.3 Å². The first-order valence-electron chi connectivity index (χ1n) is 11.9. The number of hydrogen-bond donors (Lipinski definition) is 0. The van der Waals surface area contributed by atoms with Gasteiger partial charge in [0.2, 0.25) is 10.0 Å². The van der Waals surface area contributed by atoms with E-state index in [1.54, 1.807) is 30.1 Å².